The van der Waals surface area contributed by atoms with E-state index in [9.17, 15) is 20.1 Å². The standard InChI is InChI=1S/C24H36N4O4/c1-13(4-7-21(31)32)16-5-6-17-22-18(12-20-25-26-27-28(20)24(16,17)3)23(2)9-8-15(29)10-14(23)11-19(22)30/h12-17,19,22,29-30H,4-11H2,1-3H3,(H,31,32)/t13-,14+,15-,16-,17+,19-,22+,23+,24-/m1/s1. The highest BCUT2D eigenvalue weighted by Crippen LogP contribution is 2.63. The van der Waals surface area contributed by atoms with Crippen LogP contribution in [-0.2, 0) is 10.3 Å². The summed E-state index contributed by atoms with van der Waals surface area (Å²) in [6.07, 6.45) is 7.30. The number of hydrogen-bond acceptors (Lipinski definition) is 6. The number of carbonyl (C=O) groups is 1. The van der Waals surface area contributed by atoms with E-state index >= 15 is 0 Å². The predicted octanol–water partition coefficient (Wildman–Crippen LogP) is 2.86. The number of fused-ring (bicyclic) bond motifs is 7. The third-order valence-electron chi connectivity index (χ3n) is 9.87. The van der Waals surface area contributed by atoms with Gasteiger partial charge in [0.2, 0.25) is 0 Å². The summed E-state index contributed by atoms with van der Waals surface area (Å²) >= 11 is 0. The van der Waals surface area contributed by atoms with E-state index < -0.39 is 12.1 Å². The lowest BCUT2D eigenvalue weighted by Crippen LogP contribution is -2.53. The van der Waals surface area contributed by atoms with Gasteiger partial charge in [-0.1, -0.05) is 19.4 Å². The van der Waals surface area contributed by atoms with E-state index in [2.05, 4.69) is 42.4 Å². The molecule has 1 aliphatic heterocycles. The van der Waals surface area contributed by atoms with E-state index in [-0.39, 0.29) is 53.1 Å². The van der Waals surface area contributed by atoms with E-state index in [4.69, 9.17) is 0 Å². The summed E-state index contributed by atoms with van der Waals surface area (Å²) in [7, 11) is 0. The Balaban J connectivity index is 1.58. The molecular formula is C24H36N4O4. The number of hydrogen-bond donors (Lipinski definition) is 3. The molecule has 0 unspecified atom stereocenters. The van der Waals surface area contributed by atoms with E-state index in [0.29, 0.717) is 6.42 Å². The first kappa shape index (κ1) is 22.0. The Morgan fingerprint density at radius 3 is 2.78 bits per heavy atom. The molecule has 0 saturated heterocycles. The number of aliphatic hydroxyl groups is 2. The molecule has 8 heteroatoms. The van der Waals surface area contributed by atoms with E-state index in [1.54, 1.807) is 0 Å². The normalized spacial score (nSPS) is 43.8. The van der Waals surface area contributed by atoms with E-state index in [1.807, 2.05) is 4.68 Å². The van der Waals surface area contributed by atoms with Gasteiger partial charge in [-0.15, -0.1) is 5.10 Å². The first-order valence-electron chi connectivity index (χ1n) is 12.2. The Morgan fingerprint density at radius 1 is 1.25 bits per heavy atom. The summed E-state index contributed by atoms with van der Waals surface area (Å²) in [5, 5.41) is 43.9. The third kappa shape index (κ3) is 3.09. The Bertz CT molecular complexity index is 931. The fraction of sp³-hybridized carbons (Fsp3) is 0.833. The summed E-state index contributed by atoms with van der Waals surface area (Å²) in [6, 6.07) is 0. The van der Waals surface area contributed by atoms with Crippen LogP contribution in [0.2, 0.25) is 0 Å². The molecule has 176 valence electrons. The number of aliphatic carboxylic acids is 1. The summed E-state index contributed by atoms with van der Waals surface area (Å²) in [5.41, 5.74) is 0.813. The van der Waals surface area contributed by atoms with Crippen molar-refractivity contribution in [1.29, 1.82) is 0 Å². The molecule has 32 heavy (non-hydrogen) atoms. The molecule has 3 fully saturated rings. The first-order valence-corrected chi connectivity index (χ1v) is 12.2. The van der Waals surface area contributed by atoms with Crippen LogP contribution >= 0.6 is 0 Å². The number of nitrogens with zero attached hydrogens (tertiary/aromatic N) is 4. The second-order valence-electron chi connectivity index (χ2n) is 11.3. The molecule has 9 atom stereocenters. The molecule has 5 rings (SSSR count). The number of tetrazole rings is 1. The van der Waals surface area contributed by atoms with Gasteiger partial charge in [0.1, 0.15) is 0 Å². The number of rotatable bonds is 4. The number of carboxylic acid groups (broad SMARTS) is 1. The molecule has 8 nitrogen and oxygen atoms in total. The largest absolute Gasteiger partial charge is 0.481 e. The van der Waals surface area contributed by atoms with Crippen LogP contribution in [0.5, 0.6) is 0 Å². The maximum Gasteiger partial charge on any atom is 0.303 e. The molecule has 3 saturated carbocycles. The summed E-state index contributed by atoms with van der Waals surface area (Å²) in [4.78, 5) is 11.2. The Morgan fingerprint density at radius 2 is 2.03 bits per heavy atom. The number of aliphatic hydroxyl groups excluding tert-OH is 2. The van der Waals surface area contributed by atoms with Crippen molar-refractivity contribution in [3.63, 3.8) is 0 Å². The quantitative estimate of drug-likeness (QED) is 0.653. The highest BCUT2D eigenvalue weighted by molar-refractivity contribution is 5.66. The number of aromatic nitrogens is 4. The van der Waals surface area contributed by atoms with Crippen molar-refractivity contribution in [1.82, 2.24) is 20.2 Å². The van der Waals surface area contributed by atoms with Crippen LogP contribution in [0.15, 0.2) is 5.57 Å². The molecule has 3 aliphatic carbocycles. The second kappa shape index (κ2) is 7.62. The van der Waals surface area contributed by atoms with Crippen molar-refractivity contribution >= 4 is 12.0 Å². The maximum atomic E-state index is 11.5. The van der Waals surface area contributed by atoms with Crippen LogP contribution in [0.3, 0.4) is 0 Å². The Hall–Kier alpha value is -1.80. The second-order valence-corrected chi connectivity index (χ2v) is 11.3. The average Bonchev–Trinajstić information content (AvgIpc) is 3.31. The molecule has 2 heterocycles. The fourth-order valence-corrected chi connectivity index (χ4v) is 8.14. The van der Waals surface area contributed by atoms with Crippen molar-refractivity contribution in [2.45, 2.75) is 89.9 Å². The van der Waals surface area contributed by atoms with Crippen LogP contribution in [-0.4, -0.2) is 53.7 Å². The third-order valence-corrected chi connectivity index (χ3v) is 9.87. The zero-order valence-corrected chi connectivity index (χ0v) is 19.3. The summed E-state index contributed by atoms with van der Waals surface area (Å²) in [6.45, 7) is 6.70. The van der Waals surface area contributed by atoms with Crippen molar-refractivity contribution in [2.24, 2.45) is 35.0 Å². The van der Waals surface area contributed by atoms with Crippen molar-refractivity contribution < 1.29 is 20.1 Å². The predicted molar refractivity (Wildman–Crippen MR) is 117 cm³/mol. The minimum atomic E-state index is -0.759. The molecule has 0 radical (unpaired) electrons. The summed E-state index contributed by atoms with van der Waals surface area (Å²) in [5.74, 6) is 0.913. The SMILES string of the molecule is C[C@H](CCC(=O)O)[C@H]1CC[C@H]2[C@H]3C(=Cc4nnnn4[C@]12C)[C@@]1(C)CC[C@@H](O)C[C@H]1C[C@H]3O. The molecule has 3 N–H and O–H groups in total. The Labute approximate surface area is 189 Å². The van der Waals surface area contributed by atoms with Gasteiger partial charge in [-0.3, -0.25) is 4.79 Å². The van der Waals surface area contributed by atoms with Crippen LogP contribution in [0.1, 0.15) is 78.0 Å². The van der Waals surface area contributed by atoms with Gasteiger partial charge in [0.05, 0.1) is 17.7 Å². The van der Waals surface area contributed by atoms with Gasteiger partial charge in [0.25, 0.3) is 0 Å². The van der Waals surface area contributed by atoms with Gasteiger partial charge in [-0.2, -0.15) is 0 Å². The lowest BCUT2D eigenvalue weighted by Gasteiger charge is -2.55. The molecular weight excluding hydrogens is 408 g/mol. The van der Waals surface area contributed by atoms with Gasteiger partial charge in [0, 0.05) is 12.3 Å². The molecule has 4 aliphatic rings. The van der Waals surface area contributed by atoms with Gasteiger partial charge in [0.15, 0.2) is 5.82 Å². The van der Waals surface area contributed by atoms with E-state index in [1.165, 1.54) is 5.57 Å². The minimum absolute atomic E-state index is 0.0247. The van der Waals surface area contributed by atoms with E-state index in [0.717, 1.165) is 44.3 Å². The molecule has 0 aromatic carbocycles. The highest BCUT2D eigenvalue weighted by atomic mass is 16.4. The molecule has 0 bridgehead atoms. The molecule has 0 amide bonds. The van der Waals surface area contributed by atoms with Gasteiger partial charge in [-0.05, 0) is 97.5 Å². The first-order chi connectivity index (χ1) is 15.2. The smallest absolute Gasteiger partial charge is 0.303 e. The summed E-state index contributed by atoms with van der Waals surface area (Å²) < 4.78 is 1.99. The van der Waals surface area contributed by atoms with Gasteiger partial charge < -0.3 is 15.3 Å². The van der Waals surface area contributed by atoms with Gasteiger partial charge >= 0.3 is 5.97 Å². The van der Waals surface area contributed by atoms with Crippen LogP contribution < -0.4 is 0 Å². The molecule has 1 aromatic heterocycles. The molecule has 1 aromatic rings. The van der Waals surface area contributed by atoms with Crippen molar-refractivity contribution in [3.8, 4) is 0 Å². The van der Waals surface area contributed by atoms with Crippen LogP contribution in [0.4, 0.5) is 0 Å². The Kier molecular flexibility index (Phi) is 5.24. The van der Waals surface area contributed by atoms with Crippen molar-refractivity contribution in [2.75, 3.05) is 0 Å². The lowest BCUT2D eigenvalue weighted by molar-refractivity contribution is -0.137. The minimum Gasteiger partial charge on any atom is -0.481 e. The highest BCUT2D eigenvalue weighted by Gasteiger charge is 2.61. The van der Waals surface area contributed by atoms with Gasteiger partial charge in [-0.25, -0.2) is 4.68 Å². The maximum absolute atomic E-state index is 11.5. The zero-order valence-electron chi connectivity index (χ0n) is 19.3. The zero-order chi connectivity index (χ0) is 22.8. The number of carboxylic acids is 1. The fourth-order valence-electron chi connectivity index (χ4n) is 8.14. The lowest BCUT2D eigenvalue weighted by atomic mass is 9.51. The van der Waals surface area contributed by atoms with Crippen LogP contribution in [0, 0.1) is 35.0 Å². The monoisotopic (exact) mass is 444 g/mol. The topological polar surface area (TPSA) is 121 Å². The van der Waals surface area contributed by atoms with Crippen LogP contribution in [0.25, 0.3) is 6.08 Å². The molecule has 0 spiro atoms. The average molecular weight is 445 g/mol. The van der Waals surface area contributed by atoms with Crippen molar-refractivity contribution in [3.05, 3.63) is 11.4 Å².